The van der Waals surface area contributed by atoms with E-state index in [-0.39, 0.29) is 6.61 Å². The summed E-state index contributed by atoms with van der Waals surface area (Å²) in [5.74, 6) is 0.188. The van der Waals surface area contributed by atoms with Gasteiger partial charge < -0.3 is 24.3 Å². The van der Waals surface area contributed by atoms with Crippen LogP contribution in [0.2, 0.25) is 0 Å². The molecule has 0 heterocycles. The third-order valence-corrected chi connectivity index (χ3v) is 3.70. The van der Waals surface area contributed by atoms with E-state index in [1.807, 2.05) is 0 Å². The van der Waals surface area contributed by atoms with Gasteiger partial charge in [-0.1, -0.05) is 0 Å². The number of nitrogens with one attached hydrogen (secondary N) is 1. The van der Waals surface area contributed by atoms with E-state index >= 15 is 0 Å². The Balaban J connectivity index is 1.85. The van der Waals surface area contributed by atoms with Gasteiger partial charge in [-0.05, 0) is 43.3 Å². The third-order valence-electron chi connectivity index (χ3n) is 3.70. The second-order valence-corrected chi connectivity index (χ2v) is 5.67. The van der Waals surface area contributed by atoms with Crippen LogP contribution in [-0.2, 0) is 14.3 Å². The summed E-state index contributed by atoms with van der Waals surface area (Å²) >= 11 is 0. The number of aldehydes is 1. The molecular weight excluding hydrogens is 366 g/mol. The van der Waals surface area contributed by atoms with Gasteiger partial charge in [0.25, 0.3) is 5.91 Å². The van der Waals surface area contributed by atoms with E-state index in [4.69, 9.17) is 18.9 Å². The van der Waals surface area contributed by atoms with Crippen LogP contribution in [0, 0.1) is 0 Å². The molecule has 28 heavy (non-hydrogen) atoms. The van der Waals surface area contributed by atoms with Crippen LogP contribution in [0.25, 0.3) is 0 Å². The van der Waals surface area contributed by atoms with Crippen LogP contribution >= 0.6 is 0 Å². The first-order valence-electron chi connectivity index (χ1n) is 8.37. The summed E-state index contributed by atoms with van der Waals surface area (Å²) in [5, 5.41) is 2.63. The predicted octanol–water partition coefficient (Wildman–Crippen LogP) is 2.47. The lowest BCUT2D eigenvalue weighted by molar-refractivity contribution is -0.155. The Morgan fingerprint density at radius 2 is 1.71 bits per heavy atom. The lowest BCUT2D eigenvalue weighted by atomic mass is 10.2. The summed E-state index contributed by atoms with van der Waals surface area (Å²) in [6.07, 6.45) is -0.321. The van der Waals surface area contributed by atoms with E-state index < -0.39 is 18.0 Å². The van der Waals surface area contributed by atoms with Crippen molar-refractivity contribution in [1.82, 2.24) is 0 Å². The zero-order chi connectivity index (χ0) is 20.5. The average molecular weight is 387 g/mol. The van der Waals surface area contributed by atoms with Crippen molar-refractivity contribution in [2.75, 3.05) is 26.1 Å². The summed E-state index contributed by atoms with van der Waals surface area (Å²) in [4.78, 5) is 34.7. The number of anilines is 1. The van der Waals surface area contributed by atoms with Crippen LogP contribution in [-0.4, -0.2) is 45.1 Å². The molecule has 0 unspecified atom stereocenters. The van der Waals surface area contributed by atoms with Gasteiger partial charge in [0, 0.05) is 17.3 Å². The third kappa shape index (κ3) is 5.73. The Morgan fingerprint density at radius 3 is 2.32 bits per heavy atom. The van der Waals surface area contributed by atoms with E-state index in [1.54, 1.807) is 42.5 Å². The molecule has 2 aromatic carbocycles. The maximum Gasteiger partial charge on any atom is 0.344 e. The molecule has 1 N–H and O–H groups in total. The number of carbonyl (C=O) groups excluding carboxylic acids is 3. The molecule has 0 radical (unpaired) electrons. The van der Waals surface area contributed by atoms with Crippen molar-refractivity contribution in [3.63, 3.8) is 0 Å². The molecule has 0 aromatic heterocycles. The fraction of sp³-hybridized carbons (Fsp3) is 0.250. The molecule has 0 spiro atoms. The van der Waals surface area contributed by atoms with Crippen LogP contribution in [0.3, 0.4) is 0 Å². The molecule has 8 nitrogen and oxygen atoms in total. The minimum atomic E-state index is -1.03. The van der Waals surface area contributed by atoms with Gasteiger partial charge in [0.2, 0.25) is 0 Å². The molecule has 0 aliphatic heterocycles. The second-order valence-electron chi connectivity index (χ2n) is 5.67. The van der Waals surface area contributed by atoms with Gasteiger partial charge in [0.05, 0.1) is 14.2 Å². The highest BCUT2D eigenvalue weighted by molar-refractivity contribution is 5.95. The average Bonchev–Trinajstić information content (AvgIpc) is 2.72. The Bertz CT molecular complexity index is 833. The van der Waals surface area contributed by atoms with E-state index in [0.717, 1.165) is 0 Å². The van der Waals surface area contributed by atoms with Crippen molar-refractivity contribution in [2.45, 2.75) is 13.0 Å². The van der Waals surface area contributed by atoms with Crippen LogP contribution in [0.15, 0.2) is 42.5 Å². The molecule has 0 aliphatic rings. The smallest absolute Gasteiger partial charge is 0.344 e. The maximum atomic E-state index is 12.2. The maximum absolute atomic E-state index is 12.2. The topological polar surface area (TPSA) is 100 Å². The summed E-state index contributed by atoms with van der Waals surface area (Å²) in [6.45, 7) is 1.08. The highest BCUT2D eigenvalue weighted by Gasteiger charge is 2.19. The molecule has 0 saturated carbocycles. The van der Waals surface area contributed by atoms with Gasteiger partial charge in [0.15, 0.2) is 24.2 Å². The number of rotatable bonds is 9. The first-order valence-corrected chi connectivity index (χ1v) is 8.37. The number of carbonyl (C=O) groups is 3. The molecule has 0 saturated heterocycles. The molecule has 0 bridgehead atoms. The zero-order valence-electron chi connectivity index (χ0n) is 15.8. The molecule has 0 fully saturated rings. The van der Waals surface area contributed by atoms with Crippen LogP contribution in [0.1, 0.15) is 17.3 Å². The Kier molecular flexibility index (Phi) is 7.38. The summed E-state index contributed by atoms with van der Waals surface area (Å²) < 4.78 is 20.6. The molecule has 2 aromatic rings. The van der Waals surface area contributed by atoms with Gasteiger partial charge >= 0.3 is 5.97 Å². The number of amides is 1. The van der Waals surface area contributed by atoms with Gasteiger partial charge in [-0.25, -0.2) is 4.79 Å². The Labute approximate surface area is 162 Å². The van der Waals surface area contributed by atoms with Crippen LogP contribution < -0.4 is 19.5 Å². The quantitative estimate of drug-likeness (QED) is 0.521. The largest absolute Gasteiger partial charge is 0.493 e. The van der Waals surface area contributed by atoms with Crippen molar-refractivity contribution >= 4 is 23.9 Å². The van der Waals surface area contributed by atoms with Gasteiger partial charge in [-0.3, -0.25) is 9.59 Å². The van der Waals surface area contributed by atoms with Gasteiger partial charge in [0.1, 0.15) is 12.0 Å². The van der Waals surface area contributed by atoms with Gasteiger partial charge in [-0.2, -0.15) is 0 Å². The van der Waals surface area contributed by atoms with Crippen LogP contribution in [0.4, 0.5) is 5.69 Å². The number of benzene rings is 2. The fourth-order valence-corrected chi connectivity index (χ4v) is 2.23. The number of ether oxygens (including phenoxy) is 4. The first-order chi connectivity index (χ1) is 13.5. The number of esters is 1. The summed E-state index contributed by atoms with van der Waals surface area (Å²) in [6, 6.07) is 11.1. The van der Waals surface area contributed by atoms with Crippen molar-refractivity contribution in [3.05, 3.63) is 48.0 Å². The van der Waals surface area contributed by atoms with Crippen molar-refractivity contribution < 1.29 is 33.3 Å². The minimum absolute atomic E-state index is 0.367. The van der Waals surface area contributed by atoms with E-state index in [2.05, 4.69) is 5.32 Å². The fourth-order valence-electron chi connectivity index (χ4n) is 2.23. The lowest BCUT2D eigenvalue weighted by Crippen LogP contribution is -2.31. The van der Waals surface area contributed by atoms with Crippen molar-refractivity contribution in [3.8, 4) is 17.2 Å². The van der Waals surface area contributed by atoms with E-state index in [1.165, 1.54) is 21.1 Å². The Hall–Kier alpha value is -3.55. The SMILES string of the molecule is COc1ccc(NC(=O)[C@H](C)OC(=O)COc2ccc(C=O)cc2)cc1OC. The molecule has 2 rings (SSSR count). The van der Waals surface area contributed by atoms with Crippen molar-refractivity contribution in [1.29, 1.82) is 0 Å². The number of methoxy groups -OCH3 is 2. The minimum Gasteiger partial charge on any atom is -0.493 e. The second kappa shape index (κ2) is 9.96. The molecular formula is C20H21NO7. The molecule has 0 aliphatic carbocycles. The zero-order valence-corrected chi connectivity index (χ0v) is 15.8. The summed E-state index contributed by atoms with van der Waals surface area (Å²) in [5.41, 5.74) is 0.965. The first kappa shape index (κ1) is 20.8. The Morgan fingerprint density at radius 1 is 1.04 bits per heavy atom. The van der Waals surface area contributed by atoms with E-state index in [9.17, 15) is 14.4 Å². The molecule has 148 valence electrons. The number of hydrogen-bond donors (Lipinski definition) is 1. The molecule has 8 heteroatoms. The lowest BCUT2D eigenvalue weighted by Gasteiger charge is -2.15. The van der Waals surface area contributed by atoms with E-state index in [0.29, 0.717) is 34.8 Å². The molecule has 1 amide bonds. The summed E-state index contributed by atoms with van der Waals surface area (Å²) in [7, 11) is 3.00. The highest BCUT2D eigenvalue weighted by Crippen LogP contribution is 2.29. The normalized spacial score (nSPS) is 11.1. The highest BCUT2D eigenvalue weighted by atomic mass is 16.6. The van der Waals surface area contributed by atoms with Crippen LogP contribution in [0.5, 0.6) is 17.2 Å². The molecule has 1 atom stereocenters. The standard InChI is InChI=1S/C20H21NO7/c1-13(20(24)21-15-6-9-17(25-2)18(10-15)26-3)28-19(23)12-27-16-7-4-14(11-22)5-8-16/h4-11,13H,12H2,1-3H3,(H,21,24)/t13-/m0/s1. The monoisotopic (exact) mass is 387 g/mol. The predicted molar refractivity (Wildman–Crippen MR) is 101 cm³/mol. The number of hydrogen-bond acceptors (Lipinski definition) is 7. The van der Waals surface area contributed by atoms with Crippen molar-refractivity contribution in [2.24, 2.45) is 0 Å². The van der Waals surface area contributed by atoms with Gasteiger partial charge in [-0.15, -0.1) is 0 Å².